The van der Waals surface area contributed by atoms with Gasteiger partial charge in [0, 0.05) is 46.2 Å². The molecular weight excluding hydrogens is 773 g/mol. The van der Waals surface area contributed by atoms with Crippen molar-refractivity contribution in [2.24, 2.45) is 10.2 Å². The lowest BCUT2D eigenvalue weighted by molar-refractivity contribution is -0.136. The second-order valence-electron chi connectivity index (χ2n) is 12.8. The van der Waals surface area contributed by atoms with Gasteiger partial charge >= 0.3 is 5.97 Å². The number of anilines is 4. The summed E-state index contributed by atoms with van der Waals surface area (Å²) in [4.78, 5) is 25.1. The summed E-state index contributed by atoms with van der Waals surface area (Å²) in [5, 5.41) is 43.5. The fourth-order valence-corrected chi connectivity index (χ4v) is 7.87. The number of benzene rings is 2. The van der Waals surface area contributed by atoms with E-state index in [4.69, 9.17) is 31.6 Å². The lowest BCUT2D eigenvalue weighted by Gasteiger charge is -2.17. The monoisotopic (exact) mass is 816 g/mol. The van der Waals surface area contributed by atoms with E-state index in [0.717, 1.165) is 22.4 Å². The number of aryl methyl sites for hydroxylation is 3. The Kier molecular flexibility index (Phi) is 14.2. The highest BCUT2D eigenvalue weighted by Crippen LogP contribution is 2.37. The van der Waals surface area contributed by atoms with Crippen LogP contribution in [0.4, 0.5) is 34.8 Å². The Hall–Kier alpha value is -5.59. The Labute approximate surface area is 335 Å². The van der Waals surface area contributed by atoms with Gasteiger partial charge in [0.05, 0.1) is 27.9 Å². The van der Waals surface area contributed by atoms with Crippen LogP contribution in [0.1, 0.15) is 47.7 Å². The number of nitriles is 1. The summed E-state index contributed by atoms with van der Waals surface area (Å²) in [6.45, 7) is 9.06. The third kappa shape index (κ3) is 10.1. The second-order valence-corrected chi connectivity index (χ2v) is 15.7. The maximum atomic E-state index is 12.9. The molecule has 0 unspecified atom stereocenters. The lowest BCUT2D eigenvalue weighted by Crippen LogP contribution is -2.30. The zero-order valence-electron chi connectivity index (χ0n) is 32.5. The van der Waals surface area contributed by atoms with Crippen molar-refractivity contribution in [2.75, 3.05) is 63.0 Å². The molecule has 0 atom stereocenters. The van der Waals surface area contributed by atoms with Crippen molar-refractivity contribution in [1.82, 2.24) is 29.0 Å². The third-order valence-corrected chi connectivity index (χ3v) is 11.1. The van der Waals surface area contributed by atoms with Crippen molar-refractivity contribution in [1.29, 1.82) is 5.26 Å². The first-order chi connectivity index (χ1) is 27.3. The predicted molar refractivity (Wildman–Crippen MR) is 217 cm³/mol. The van der Waals surface area contributed by atoms with Gasteiger partial charge in [0.2, 0.25) is 26.9 Å². The molecule has 2 aromatic carbocycles. The molecule has 0 amide bonds. The number of aliphatic carboxylic acids is 1. The quantitative estimate of drug-likeness (QED) is 0.0377. The highest BCUT2D eigenvalue weighted by molar-refractivity contribution is 7.89. The molecule has 3 heterocycles. The van der Waals surface area contributed by atoms with Gasteiger partial charge in [-0.05, 0) is 69.4 Å². The Morgan fingerprint density at radius 2 is 1.65 bits per heavy atom. The van der Waals surface area contributed by atoms with Crippen LogP contribution in [0.2, 0.25) is 0 Å². The summed E-state index contributed by atoms with van der Waals surface area (Å²) in [7, 11) is 4.51. The number of rotatable bonds is 20. The number of carbonyl (C=O) groups is 1. The van der Waals surface area contributed by atoms with Crippen LogP contribution in [0, 0.1) is 39.1 Å². The smallest absolute Gasteiger partial charge is 0.318 e. The first kappa shape index (κ1) is 42.6. The molecule has 0 aliphatic rings. The fraction of sp³-hybridized carbons (Fsp3) is 0.378. The summed E-state index contributed by atoms with van der Waals surface area (Å²) in [5.41, 5.74) is 5.35. The Bertz CT molecular complexity index is 2370. The number of hydrogen-bond acceptors (Lipinski definition) is 16. The molecule has 0 fully saturated rings. The van der Waals surface area contributed by atoms with Gasteiger partial charge in [0.15, 0.2) is 17.3 Å². The summed E-state index contributed by atoms with van der Waals surface area (Å²) < 4.78 is 38.7. The van der Waals surface area contributed by atoms with Gasteiger partial charge in [-0.2, -0.15) is 19.5 Å². The topological polar surface area (TPSA) is 234 Å². The average Bonchev–Trinajstić information content (AvgIpc) is 3.76. The number of azo groups is 1. The van der Waals surface area contributed by atoms with Crippen LogP contribution in [0.3, 0.4) is 0 Å². The van der Waals surface area contributed by atoms with Crippen LogP contribution >= 0.6 is 11.3 Å². The normalized spacial score (nSPS) is 11.8. The molecule has 0 aliphatic carbocycles. The number of nitrogens with zero attached hydrogens (tertiary/aromatic N) is 9. The van der Waals surface area contributed by atoms with Crippen molar-refractivity contribution in [3.8, 4) is 11.2 Å². The predicted octanol–water partition coefficient (Wildman–Crippen LogP) is 6.43. The van der Waals surface area contributed by atoms with Crippen molar-refractivity contribution in [3.05, 3.63) is 65.3 Å². The van der Waals surface area contributed by atoms with E-state index in [9.17, 15) is 18.5 Å². The average molecular weight is 817 g/mol. The lowest BCUT2D eigenvalue weighted by atomic mass is 10.1. The number of thiazole rings is 1. The second kappa shape index (κ2) is 19.0. The molecule has 0 saturated heterocycles. The number of carboxylic acids is 1. The molecule has 5 aromatic rings. The fourth-order valence-electron chi connectivity index (χ4n) is 5.89. The Morgan fingerprint density at radius 1 is 1.02 bits per heavy atom. The molecule has 4 N–H and O–H groups in total. The molecule has 57 heavy (non-hydrogen) atoms. The van der Waals surface area contributed by atoms with Crippen LogP contribution in [0.15, 0.2) is 45.5 Å². The minimum atomic E-state index is -4.32. The van der Waals surface area contributed by atoms with Crippen molar-refractivity contribution >= 4 is 72.3 Å². The van der Waals surface area contributed by atoms with E-state index >= 15 is 0 Å². The standard InChI is InChI=1S/C37H44N12O6S2/c1-8-28-26(20-38)33(47-49(28)37-41-27-19-25(11-12-29(27)56-37)57(52,53)48(5)21-30(50)51)46-45-32-34(39-13-9-15-54-6)43-36(44-35(32)40-14-10-16-55-7)42-31-23(3)17-22(2)18-24(31)4/h5,11-12,17-19H,8-10,13-16,21H2,1-4,6-7H3,(H,50,51)(H3,39,40,42,43,44). The molecule has 0 spiro atoms. The van der Waals surface area contributed by atoms with Gasteiger partial charge in [-0.1, -0.05) is 36.0 Å². The highest BCUT2D eigenvalue weighted by atomic mass is 32.2. The molecule has 18 nitrogen and oxygen atoms in total. The number of nitrogens with one attached hydrogen (secondary N) is 3. The number of carboxylic acid groups (broad SMARTS) is 1. The minimum Gasteiger partial charge on any atom is -0.480 e. The maximum absolute atomic E-state index is 12.9. The van der Waals surface area contributed by atoms with Crippen molar-refractivity contribution in [2.45, 2.75) is 51.9 Å². The molecule has 0 aliphatic heterocycles. The van der Waals surface area contributed by atoms with Crippen molar-refractivity contribution in [3.63, 3.8) is 0 Å². The van der Waals surface area contributed by atoms with Gasteiger partial charge < -0.3 is 30.5 Å². The van der Waals surface area contributed by atoms with Crippen molar-refractivity contribution < 1.29 is 27.8 Å². The first-order valence-corrected chi connectivity index (χ1v) is 20.1. The van der Waals surface area contributed by atoms with Crippen LogP contribution in [-0.4, -0.2) is 95.6 Å². The Balaban J connectivity index is 1.57. The molecule has 20 heteroatoms. The van der Waals surface area contributed by atoms with Crippen LogP contribution in [0.25, 0.3) is 15.3 Å². The number of methoxy groups -OCH3 is 2. The van der Waals surface area contributed by atoms with Crippen LogP contribution in [0.5, 0.6) is 0 Å². The largest absolute Gasteiger partial charge is 0.480 e. The van der Waals surface area contributed by atoms with E-state index in [2.05, 4.69) is 54.5 Å². The minimum absolute atomic E-state index is 0.0214. The summed E-state index contributed by atoms with van der Waals surface area (Å²) >= 11 is 1.21. The zero-order chi connectivity index (χ0) is 41.3. The van der Waals surface area contributed by atoms with Crippen LogP contribution in [-0.2, 0) is 30.7 Å². The first-order valence-electron chi connectivity index (χ1n) is 17.9. The Morgan fingerprint density at radius 3 is 2.21 bits per heavy atom. The molecule has 3 aromatic heterocycles. The summed E-state index contributed by atoms with van der Waals surface area (Å²) in [6, 6.07) is 10.5. The van der Waals surface area contributed by atoms with Gasteiger partial charge in [-0.3, -0.25) is 4.79 Å². The van der Waals surface area contributed by atoms with Gasteiger partial charge in [0.25, 0.3) is 0 Å². The highest BCUT2D eigenvalue weighted by Gasteiger charge is 2.26. The van der Waals surface area contributed by atoms with Gasteiger partial charge in [0.1, 0.15) is 18.2 Å². The third-order valence-electron chi connectivity index (χ3n) is 8.51. The molecule has 300 valence electrons. The van der Waals surface area contributed by atoms with E-state index < -0.39 is 22.5 Å². The van der Waals surface area contributed by atoms with E-state index in [1.165, 1.54) is 28.2 Å². The molecule has 0 saturated carbocycles. The maximum Gasteiger partial charge on any atom is 0.318 e. The SMILES string of the molecule is [CH]N(CC(=O)O)S(=O)(=O)c1ccc2sc(-n3nc(N=Nc4c(NCCCOC)nc(Nc5c(C)cc(C)cc5C)nc4NCCCOC)c(C#N)c3CC)nc2c1. The van der Waals surface area contributed by atoms with E-state index in [0.29, 0.717) is 84.2 Å². The van der Waals surface area contributed by atoms with Gasteiger partial charge in [-0.25, -0.2) is 18.1 Å². The van der Waals surface area contributed by atoms with Crippen LogP contribution < -0.4 is 16.0 Å². The van der Waals surface area contributed by atoms with E-state index in [-0.39, 0.29) is 26.3 Å². The molecule has 5 rings (SSSR count). The summed E-state index contributed by atoms with van der Waals surface area (Å²) in [6.07, 6.45) is 1.73. The number of hydrogen-bond donors (Lipinski definition) is 4. The summed E-state index contributed by atoms with van der Waals surface area (Å²) in [5.74, 6) is -0.286. The number of sulfonamides is 1. The van der Waals surface area contributed by atoms with Gasteiger partial charge in [-0.15, -0.1) is 15.3 Å². The van der Waals surface area contributed by atoms with E-state index in [1.54, 1.807) is 20.3 Å². The number of fused-ring (bicyclic) bond motifs is 1. The zero-order valence-corrected chi connectivity index (χ0v) is 34.1. The van der Waals surface area contributed by atoms with E-state index in [1.807, 2.05) is 27.7 Å². The molecule has 0 bridgehead atoms. The number of aromatic nitrogens is 5. The molecular formula is C37H44N12O6S2. The molecule has 2 radical (unpaired) electrons. The number of ether oxygens (including phenoxy) is 2.